The van der Waals surface area contributed by atoms with Gasteiger partial charge in [0.15, 0.2) is 23.0 Å². The summed E-state index contributed by atoms with van der Waals surface area (Å²) in [5.74, 6) is 3.30. The van der Waals surface area contributed by atoms with Crippen LogP contribution in [0.25, 0.3) is 0 Å². The summed E-state index contributed by atoms with van der Waals surface area (Å²) in [6.07, 6.45) is 4.57. The second kappa shape index (κ2) is 7.19. The minimum absolute atomic E-state index is 0.154. The Morgan fingerprint density at radius 2 is 1.97 bits per heavy atom. The van der Waals surface area contributed by atoms with Crippen molar-refractivity contribution in [3.8, 4) is 5.75 Å². The highest BCUT2D eigenvalue weighted by Crippen LogP contribution is 2.82. The largest absolute Gasteiger partial charge is 0.487 e. The van der Waals surface area contributed by atoms with E-state index in [-0.39, 0.29) is 17.7 Å². The number of hydrogen-bond acceptors (Lipinski definition) is 6. The number of benzene rings is 1. The van der Waals surface area contributed by atoms with E-state index < -0.39 is 5.82 Å². The van der Waals surface area contributed by atoms with Crippen LogP contribution in [0.4, 0.5) is 16.1 Å². The fourth-order valence-corrected chi connectivity index (χ4v) is 6.30. The van der Waals surface area contributed by atoms with E-state index in [1.165, 1.54) is 6.07 Å². The quantitative estimate of drug-likeness (QED) is 0.689. The number of halogens is 1. The number of carbonyl (C=O) groups excluding carboxylic acids is 1. The second-order valence-electron chi connectivity index (χ2n) is 10.4. The number of aromatic nitrogens is 1. The smallest absolute Gasteiger partial charge is 0.298 e. The number of hydrogen-bond donors (Lipinski definition) is 1. The van der Waals surface area contributed by atoms with Crippen LogP contribution in [0, 0.1) is 36.4 Å². The van der Waals surface area contributed by atoms with Crippen molar-refractivity contribution in [3.63, 3.8) is 0 Å². The summed E-state index contributed by atoms with van der Waals surface area (Å²) in [4.78, 5) is 22.0. The highest BCUT2D eigenvalue weighted by Gasteiger charge is 2.81. The summed E-state index contributed by atoms with van der Waals surface area (Å²) in [5, 5.41) is 2.84. The van der Waals surface area contributed by atoms with Gasteiger partial charge in [-0.15, -0.1) is 0 Å². The van der Waals surface area contributed by atoms with Gasteiger partial charge in [-0.2, -0.15) is 4.98 Å². The van der Waals surface area contributed by atoms with E-state index in [9.17, 15) is 9.18 Å². The van der Waals surface area contributed by atoms with Crippen molar-refractivity contribution in [2.24, 2.45) is 23.7 Å². The number of carbonyl (C=O) groups is 1. The summed E-state index contributed by atoms with van der Waals surface area (Å²) in [6, 6.07) is 3.64. The van der Waals surface area contributed by atoms with Gasteiger partial charge in [0.2, 0.25) is 0 Å². The Kier molecular flexibility index (Phi) is 4.32. The van der Waals surface area contributed by atoms with E-state index in [2.05, 4.69) is 20.1 Å². The van der Waals surface area contributed by atoms with Crippen LogP contribution in [-0.4, -0.2) is 48.1 Å². The van der Waals surface area contributed by atoms with E-state index in [0.29, 0.717) is 41.2 Å². The number of nitrogens with one attached hydrogen (secondary N) is 1. The van der Waals surface area contributed by atoms with E-state index in [0.717, 1.165) is 69.6 Å². The molecule has 3 atom stereocenters. The lowest BCUT2D eigenvalue weighted by molar-refractivity contribution is 0.101. The third-order valence-electron chi connectivity index (χ3n) is 8.32. The van der Waals surface area contributed by atoms with E-state index in [1.54, 1.807) is 6.07 Å². The first-order chi connectivity index (χ1) is 16.1. The minimum Gasteiger partial charge on any atom is -0.487 e. The lowest BCUT2D eigenvalue weighted by Crippen LogP contribution is -2.36. The van der Waals surface area contributed by atoms with Crippen molar-refractivity contribution in [1.82, 2.24) is 9.88 Å². The first-order valence-corrected chi connectivity index (χ1v) is 12.3. The SMILES string of the molecule is Cc1cc(NC(=O)c2nc(N3CCCC3)oc2CN2CCC2)cc(F)c1OC1CC2C3C1C23. The molecule has 2 bridgehead atoms. The molecule has 4 saturated carbocycles. The molecule has 0 spiro atoms. The van der Waals surface area contributed by atoms with Crippen LogP contribution < -0.4 is 15.0 Å². The van der Waals surface area contributed by atoms with Crippen molar-refractivity contribution >= 4 is 17.6 Å². The standard InChI is InChI=1S/C25H29FN4O3/c1-13-9-14(10-16(26)23(13)32-17-11-15-19-20(15)21(17)19)27-24(31)22-18(12-29-5-4-6-29)33-25(28-22)30-7-2-3-8-30/h9-10,15,17,19-21H,2-8,11-12H2,1H3,(H,27,31). The Balaban J connectivity index is 1.10. The molecular formula is C25H29FN4O3. The highest BCUT2D eigenvalue weighted by molar-refractivity contribution is 6.03. The Labute approximate surface area is 192 Å². The monoisotopic (exact) mass is 452 g/mol. The van der Waals surface area contributed by atoms with Crippen LogP contribution in [0.3, 0.4) is 0 Å². The molecule has 1 aromatic heterocycles. The summed E-state index contributed by atoms with van der Waals surface area (Å²) in [7, 11) is 0. The molecule has 33 heavy (non-hydrogen) atoms. The number of rotatable bonds is 7. The Morgan fingerprint density at radius 3 is 2.61 bits per heavy atom. The predicted octanol–water partition coefficient (Wildman–Crippen LogP) is 3.82. The maximum atomic E-state index is 15.0. The van der Waals surface area contributed by atoms with E-state index >= 15 is 0 Å². The second-order valence-corrected chi connectivity index (χ2v) is 10.4. The number of amides is 1. The molecule has 4 aliphatic carbocycles. The summed E-state index contributed by atoms with van der Waals surface area (Å²) in [6.45, 7) is 6.17. The van der Waals surface area contributed by atoms with Gasteiger partial charge < -0.3 is 19.4 Å². The molecule has 3 unspecified atom stereocenters. The van der Waals surface area contributed by atoms with Crippen LogP contribution in [0.2, 0.25) is 0 Å². The Hall–Kier alpha value is -2.61. The van der Waals surface area contributed by atoms with Crippen molar-refractivity contribution in [3.05, 3.63) is 35.0 Å². The van der Waals surface area contributed by atoms with E-state index in [4.69, 9.17) is 9.15 Å². The van der Waals surface area contributed by atoms with Gasteiger partial charge in [0.1, 0.15) is 6.10 Å². The zero-order valence-corrected chi connectivity index (χ0v) is 18.8. The number of aryl methyl sites for hydroxylation is 1. The van der Waals surface area contributed by atoms with Gasteiger partial charge in [0.25, 0.3) is 11.9 Å². The van der Waals surface area contributed by atoms with Crippen LogP contribution in [0.1, 0.15) is 47.5 Å². The van der Waals surface area contributed by atoms with Gasteiger partial charge in [-0.05, 0) is 75.1 Å². The number of anilines is 2. The van der Waals surface area contributed by atoms with Crippen LogP contribution in [0.15, 0.2) is 16.5 Å². The lowest BCUT2D eigenvalue weighted by atomic mass is 10.1. The number of fused-ring (bicyclic) bond motifs is 1. The zero-order chi connectivity index (χ0) is 22.3. The molecule has 7 nitrogen and oxygen atoms in total. The highest BCUT2D eigenvalue weighted by atomic mass is 19.1. The number of ether oxygens (including phenoxy) is 1. The fourth-order valence-electron chi connectivity index (χ4n) is 6.30. The molecule has 2 aliphatic heterocycles. The maximum Gasteiger partial charge on any atom is 0.298 e. The van der Waals surface area contributed by atoms with E-state index in [1.807, 2.05) is 6.92 Å². The van der Waals surface area contributed by atoms with Gasteiger partial charge in [-0.3, -0.25) is 9.69 Å². The molecule has 1 amide bonds. The summed E-state index contributed by atoms with van der Waals surface area (Å²) >= 11 is 0. The van der Waals surface area contributed by atoms with Gasteiger partial charge in [0, 0.05) is 30.8 Å². The third kappa shape index (κ3) is 3.25. The van der Waals surface area contributed by atoms with Gasteiger partial charge >= 0.3 is 0 Å². The van der Waals surface area contributed by atoms with Gasteiger partial charge in [0.05, 0.1) is 6.54 Å². The van der Waals surface area contributed by atoms with Gasteiger partial charge in [-0.25, -0.2) is 4.39 Å². The number of nitrogens with zero attached hydrogens (tertiary/aromatic N) is 3. The molecule has 2 aromatic rings. The fraction of sp³-hybridized carbons (Fsp3) is 0.600. The minimum atomic E-state index is -0.428. The summed E-state index contributed by atoms with van der Waals surface area (Å²) in [5.41, 5.74) is 1.39. The molecule has 6 fully saturated rings. The Morgan fingerprint density at radius 1 is 1.18 bits per heavy atom. The first kappa shape index (κ1) is 19.8. The van der Waals surface area contributed by atoms with Crippen molar-refractivity contribution < 1.29 is 18.3 Å². The van der Waals surface area contributed by atoms with Crippen molar-refractivity contribution in [2.75, 3.05) is 36.4 Å². The number of oxazole rings is 1. The topological polar surface area (TPSA) is 70.8 Å². The van der Waals surface area contributed by atoms with Gasteiger partial charge in [-0.1, -0.05) is 0 Å². The lowest BCUT2D eigenvalue weighted by Gasteiger charge is -2.29. The molecular weight excluding hydrogens is 423 g/mol. The maximum absolute atomic E-state index is 15.0. The molecule has 8 heteroatoms. The van der Waals surface area contributed by atoms with Crippen molar-refractivity contribution in [2.45, 2.75) is 45.3 Å². The molecule has 1 aromatic carbocycles. The third-order valence-corrected chi connectivity index (χ3v) is 8.32. The normalized spacial score (nSPS) is 31.3. The first-order valence-electron chi connectivity index (χ1n) is 12.3. The average Bonchev–Trinajstić information content (AvgIpc) is 3.29. The Bertz CT molecular complexity index is 1080. The van der Waals surface area contributed by atoms with Crippen LogP contribution >= 0.6 is 0 Å². The molecule has 8 rings (SSSR count). The average molecular weight is 453 g/mol. The molecule has 3 heterocycles. The van der Waals surface area contributed by atoms with Crippen LogP contribution in [-0.2, 0) is 6.54 Å². The predicted molar refractivity (Wildman–Crippen MR) is 120 cm³/mol. The molecule has 0 radical (unpaired) electrons. The molecule has 6 aliphatic rings. The summed E-state index contributed by atoms with van der Waals surface area (Å²) < 4.78 is 27.1. The van der Waals surface area contributed by atoms with Crippen LogP contribution in [0.5, 0.6) is 5.75 Å². The molecule has 2 saturated heterocycles. The zero-order valence-electron chi connectivity index (χ0n) is 18.8. The molecule has 1 N–H and O–H groups in total. The molecule has 174 valence electrons. The number of likely N-dealkylation sites (tertiary alicyclic amines) is 1. The van der Waals surface area contributed by atoms with Crippen molar-refractivity contribution in [1.29, 1.82) is 0 Å².